The van der Waals surface area contributed by atoms with Crippen molar-refractivity contribution in [2.75, 3.05) is 13.7 Å². The van der Waals surface area contributed by atoms with Crippen LogP contribution in [-0.4, -0.2) is 24.7 Å². The van der Waals surface area contributed by atoms with Gasteiger partial charge in [0.2, 0.25) is 0 Å². The van der Waals surface area contributed by atoms with Crippen LogP contribution in [0.1, 0.15) is 37.3 Å². The quantitative estimate of drug-likeness (QED) is 0.846. The predicted octanol–water partition coefficient (Wildman–Crippen LogP) is 2.34. The normalized spacial score (nSPS) is 27.6. The Hall–Kier alpha value is -1.09. The molecule has 0 amide bonds. The number of methoxy groups -OCH3 is 1. The molecule has 2 fully saturated rings. The van der Waals surface area contributed by atoms with E-state index >= 15 is 0 Å². The van der Waals surface area contributed by atoms with Crippen molar-refractivity contribution >= 4 is 0 Å². The number of pyridine rings is 1. The van der Waals surface area contributed by atoms with Crippen molar-refractivity contribution in [1.82, 2.24) is 10.3 Å². The van der Waals surface area contributed by atoms with Gasteiger partial charge < -0.3 is 10.1 Å². The van der Waals surface area contributed by atoms with Gasteiger partial charge in [-0.2, -0.15) is 0 Å². The molecule has 17 heavy (non-hydrogen) atoms. The van der Waals surface area contributed by atoms with Crippen LogP contribution in [0.2, 0.25) is 0 Å². The van der Waals surface area contributed by atoms with Gasteiger partial charge in [-0.3, -0.25) is 4.98 Å². The Morgan fingerprint density at radius 3 is 2.88 bits per heavy atom. The van der Waals surface area contributed by atoms with Crippen LogP contribution >= 0.6 is 0 Å². The van der Waals surface area contributed by atoms with E-state index in [9.17, 15) is 0 Å². The molecule has 0 aliphatic heterocycles. The molecule has 2 atom stereocenters. The topological polar surface area (TPSA) is 34.1 Å². The van der Waals surface area contributed by atoms with E-state index in [0.29, 0.717) is 5.92 Å². The molecular weight excluding hydrogens is 212 g/mol. The molecule has 2 saturated carbocycles. The van der Waals surface area contributed by atoms with Crippen molar-refractivity contribution in [3.63, 3.8) is 0 Å². The number of nitrogens with one attached hydrogen (secondary N) is 1. The fraction of sp³-hybridized carbons (Fsp3) is 0.643. The van der Waals surface area contributed by atoms with Gasteiger partial charge in [-0.25, -0.2) is 0 Å². The number of nitrogens with zero attached hydrogens (tertiary/aromatic N) is 1. The van der Waals surface area contributed by atoms with E-state index in [2.05, 4.69) is 10.3 Å². The molecule has 1 N–H and O–H groups in total. The molecule has 2 aliphatic rings. The van der Waals surface area contributed by atoms with Crippen molar-refractivity contribution in [3.05, 3.63) is 24.0 Å². The lowest BCUT2D eigenvalue weighted by molar-refractivity contribution is 0.234. The van der Waals surface area contributed by atoms with Crippen molar-refractivity contribution in [2.24, 2.45) is 5.92 Å². The van der Waals surface area contributed by atoms with E-state index in [1.54, 1.807) is 7.11 Å². The van der Waals surface area contributed by atoms with Gasteiger partial charge in [-0.1, -0.05) is 0 Å². The second-order valence-electron chi connectivity index (χ2n) is 5.22. The number of hydrogen-bond acceptors (Lipinski definition) is 3. The average molecular weight is 232 g/mol. The average Bonchev–Trinajstić information content (AvgIpc) is 3.13. The first-order valence-electron chi connectivity index (χ1n) is 6.60. The first-order valence-corrected chi connectivity index (χ1v) is 6.60. The van der Waals surface area contributed by atoms with Crippen LogP contribution in [0.5, 0.6) is 5.75 Å². The Labute approximate surface area is 103 Å². The summed E-state index contributed by atoms with van der Waals surface area (Å²) in [4.78, 5) is 4.51. The monoisotopic (exact) mass is 232 g/mol. The maximum atomic E-state index is 5.41. The second-order valence-corrected chi connectivity index (χ2v) is 5.22. The molecule has 92 valence electrons. The van der Waals surface area contributed by atoms with Gasteiger partial charge in [0.1, 0.15) is 5.75 Å². The highest BCUT2D eigenvalue weighted by Gasteiger charge is 2.35. The molecule has 3 nitrogen and oxygen atoms in total. The summed E-state index contributed by atoms with van der Waals surface area (Å²) < 4.78 is 5.41. The highest BCUT2D eigenvalue weighted by molar-refractivity contribution is 5.31. The Bertz CT molecular complexity index is 390. The van der Waals surface area contributed by atoms with E-state index in [-0.39, 0.29) is 0 Å². The van der Waals surface area contributed by atoms with Crippen LogP contribution in [0.3, 0.4) is 0 Å². The second kappa shape index (κ2) is 4.65. The Morgan fingerprint density at radius 1 is 1.35 bits per heavy atom. The summed E-state index contributed by atoms with van der Waals surface area (Å²) in [6.07, 6.45) is 7.19. The highest BCUT2D eigenvalue weighted by atomic mass is 16.5. The van der Waals surface area contributed by atoms with Crippen LogP contribution in [-0.2, 0) is 0 Å². The van der Waals surface area contributed by atoms with Gasteiger partial charge in [-0.05, 0) is 50.3 Å². The summed E-state index contributed by atoms with van der Waals surface area (Å²) in [6.45, 7) is 1.15. The molecule has 1 aromatic heterocycles. The molecule has 1 aromatic rings. The molecule has 0 radical (unpaired) electrons. The Balaban J connectivity index is 1.65. The van der Waals surface area contributed by atoms with Crippen molar-refractivity contribution < 1.29 is 4.74 Å². The largest absolute Gasteiger partial charge is 0.495 e. The maximum absolute atomic E-state index is 5.41. The third-order valence-electron chi connectivity index (χ3n) is 4.03. The van der Waals surface area contributed by atoms with Gasteiger partial charge in [0.25, 0.3) is 0 Å². The van der Waals surface area contributed by atoms with Gasteiger partial charge >= 0.3 is 0 Å². The predicted molar refractivity (Wildman–Crippen MR) is 67.3 cm³/mol. The number of hydrogen-bond donors (Lipinski definition) is 1. The van der Waals surface area contributed by atoms with Crippen LogP contribution in [0.15, 0.2) is 18.3 Å². The van der Waals surface area contributed by atoms with E-state index in [1.165, 1.54) is 25.7 Å². The summed E-state index contributed by atoms with van der Waals surface area (Å²) in [5.74, 6) is 2.30. The molecule has 3 heteroatoms. The lowest BCUT2D eigenvalue weighted by Crippen LogP contribution is -2.35. The molecule has 2 aliphatic carbocycles. The zero-order chi connectivity index (χ0) is 11.7. The maximum Gasteiger partial charge on any atom is 0.140 e. The van der Waals surface area contributed by atoms with Crippen LogP contribution < -0.4 is 10.1 Å². The third-order valence-corrected chi connectivity index (χ3v) is 4.03. The number of aromatic nitrogens is 1. The summed E-state index contributed by atoms with van der Waals surface area (Å²) >= 11 is 0. The van der Waals surface area contributed by atoms with E-state index in [4.69, 9.17) is 4.74 Å². The zero-order valence-electron chi connectivity index (χ0n) is 10.4. The molecular formula is C14H20N2O. The van der Waals surface area contributed by atoms with Gasteiger partial charge in [-0.15, -0.1) is 0 Å². The Kier molecular flexibility index (Phi) is 3.02. The summed E-state index contributed by atoms with van der Waals surface area (Å²) in [6, 6.07) is 4.77. The smallest absolute Gasteiger partial charge is 0.140 e. The first kappa shape index (κ1) is 11.0. The number of rotatable bonds is 5. The minimum Gasteiger partial charge on any atom is -0.495 e. The molecule has 0 spiro atoms. The Morgan fingerprint density at radius 2 is 2.24 bits per heavy atom. The fourth-order valence-corrected chi connectivity index (χ4v) is 2.63. The van der Waals surface area contributed by atoms with Crippen LogP contribution in [0.4, 0.5) is 0 Å². The molecule has 0 bridgehead atoms. The standard InChI is InChI=1S/C14H20N2O/c1-17-13-3-2-8-15-14(13)12-7-4-10(12)9-16-11-5-6-11/h2-3,8,10-12,16H,4-7,9H2,1H3. The van der Waals surface area contributed by atoms with E-state index < -0.39 is 0 Å². The molecule has 2 unspecified atom stereocenters. The van der Waals surface area contributed by atoms with Crippen molar-refractivity contribution in [2.45, 2.75) is 37.6 Å². The molecule has 0 aromatic carbocycles. The zero-order valence-corrected chi connectivity index (χ0v) is 10.4. The lowest BCUT2D eigenvalue weighted by atomic mass is 9.71. The van der Waals surface area contributed by atoms with E-state index in [0.717, 1.165) is 29.9 Å². The molecule has 1 heterocycles. The van der Waals surface area contributed by atoms with Crippen molar-refractivity contribution in [3.8, 4) is 5.75 Å². The molecule has 0 saturated heterocycles. The summed E-state index contributed by atoms with van der Waals surface area (Å²) in [5, 5.41) is 3.63. The highest BCUT2D eigenvalue weighted by Crippen LogP contribution is 2.44. The fourth-order valence-electron chi connectivity index (χ4n) is 2.63. The van der Waals surface area contributed by atoms with Crippen LogP contribution in [0.25, 0.3) is 0 Å². The van der Waals surface area contributed by atoms with Gasteiger partial charge in [0.15, 0.2) is 0 Å². The number of ether oxygens (including phenoxy) is 1. The van der Waals surface area contributed by atoms with Gasteiger partial charge in [0, 0.05) is 18.2 Å². The van der Waals surface area contributed by atoms with Crippen LogP contribution in [0, 0.1) is 5.92 Å². The third kappa shape index (κ3) is 2.29. The summed E-state index contributed by atoms with van der Waals surface area (Å²) in [5.41, 5.74) is 1.16. The van der Waals surface area contributed by atoms with E-state index in [1.807, 2.05) is 18.3 Å². The summed E-state index contributed by atoms with van der Waals surface area (Å²) in [7, 11) is 1.73. The SMILES string of the molecule is COc1cccnc1C1CCC1CNC1CC1. The van der Waals surface area contributed by atoms with Crippen molar-refractivity contribution in [1.29, 1.82) is 0 Å². The minimum absolute atomic E-state index is 0.595. The first-order chi connectivity index (χ1) is 8.38. The lowest BCUT2D eigenvalue weighted by Gasteiger charge is -2.37. The minimum atomic E-state index is 0.595. The molecule has 3 rings (SSSR count). The van der Waals surface area contributed by atoms with Gasteiger partial charge in [0.05, 0.1) is 12.8 Å².